The Labute approximate surface area is 128 Å². The van der Waals surface area contributed by atoms with Crippen LogP contribution >= 0.6 is 0 Å². The van der Waals surface area contributed by atoms with Crippen molar-refractivity contribution in [3.05, 3.63) is 42.5 Å². The molecule has 23 heavy (non-hydrogen) atoms. The van der Waals surface area contributed by atoms with E-state index in [0.717, 1.165) is 17.0 Å². The summed E-state index contributed by atoms with van der Waals surface area (Å²) in [6, 6.07) is 3.26. The van der Waals surface area contributed by atoms with Crippen molar-refractivity contribution in [2.75, 3.05) is 24.5 Å². The predicted molar refractivity (Wildman–Crippen MR) is 71.6 cm³/mol. The first kappa shape index (κ1) is 17.2. The van der Waals surface area contributed by atoms with E-state index in [9.17, 15) is 26.7 Å². The molecule has 1 saturated heterocycles. The van der Waals surface area contributed by atoms with Crippen molar-refractivity contribution >= 4 is 11.7 Å². The van der Waals surface area contributed by atoms with Crippen LogP contribution in [0.3, 0.4) is 0 Å². The van der Waals surface area contributed by atoms with Crippen LogP contribution in [0, 0.1) is 11.6 Å². The van der Waals surface area contributed by atoms with Crippen LogP contribution in [0.4, 0.5) is 27.6 Å². The monoisotopic (exact) mass is 336 g/mol. The normalized spacial score (nSPS) is 21.9. The van der Waals surface area contributed by atoms with Crippen LogP contribution in [-0.2, 0) is 9.53 Å². The number of hydrogen-bond acceptors (Lipinski definition) is 4. The minimum atomic E-state index is -5.22. The minimum Gasteiger partial charge on any atom is -0.427 e. The first-order chi connectivity index (χ1) is 10.7. The number of rotatable bonds is 3. The van der Waals surface area contributed by atoms with Crippen molar-refractivity contribution in [1.82, 2.24) is 5.32 Å². The molecule has 1 heterocycles. The van der Waals surface area contributed by atoms with Crippen molar-refractivity contribution in [2.45, 2.75) is 11.9 Å². The Morgan fingerprint density at radius 2 is 2.09 bits per heavy atom. The Morgan fingerprint density at radius 3 is 2.70 bits per heavy atom. The van der Waals surface area contributed by atoms with Gasteiger partial charge in [0.25, 0.3) is 0 Å². The van der Waals surface area contributed by atoms with Crippen molar-refractivity contribution in [1.29, 1.82) is 0 Å². The lowest BCUT2D eigenvalue weighted by Gasteiger charge is -2.45. The molecule has 1 N–H and O–H groups in total. The largest absolute Gasteiger partial charge is 0.491 e. The summed E-state index contributed by atoms with van der Waals surface area (Å²) in [7, 11) is 0. The third-order valence-electron chi connectivity index (χ3n) is 3.39. The molecule has 9 heteroatoms. The van der Waals surface area contributed by atoms with E-state index in [1.54, 1.807) is 0 Å². The molecule has 1 unspecified atom stereocenters. The van der Waals surface area contributed by atoms with Crippen LogP contribution in [0.25, 0.3) is 0 Å². The summed E-state index contributed by atoms with van der Waals surface area (Å²) in [4.78, 5) is 12.2. The molecular weight excluding hydrogens is 323 g/mol. The molecule has 0 spiro atoms. The van der Waals surface area contributed by atoms with Gasteiger partial charge in [0.2, 0.25) is 5.72 Å². The zero-order valence-corrected chi connectivity index (χ0v) is 11.8. The summed E-state index contributed by atoms with van der Waals surface area (Å²) in [6.45, 7) is 3.38. The number of carbonyl (C=O) groups is 1. The fourth-order valence-corrected chi connectivity index (χ4v) is 2.30. The highest BCUT2D eigenvalue weighted by Gasteiger charge is 2.49. The summed E-state index contributed by atoms with van der Waals surface area (Å²) in [5.74, 6) is -4.85. The summed E-state index contributed by atoms with van der Waals surface area (Å²) in [6.07, 6.45) is -4.27. The third kappa shape index (κ3) is 3.29. The van der Waals surface area contributed by atoms with Gasteiger partial charge in [-0.25, -0.2) is 13.6 Å². The molecule has 2 rings (SSSR count). The van der Waals surface area contributed by atoms with Gasteiger partial charge >= 0.3 is 12.1 Å². The number of carbonyl (C=O) groups excluding carboxylic acids is 1. The number of piperazine rings is 1. The van der Waals surface area contributed by atoms with Gasteiger partial charge in [-0.1, -0.05) is 12.6 Å². The maximum absolute atomic E-state index is 14.0. The molecule has 0 aromatic heterocycles. The Balaban J connectivity index is 2.44. The lowest BCUT2D eigenvalue weighted by molar-refractivity contribution is -0.210. The number of nitrogens with zero attached hydrogens (tertiary/aromatic N) is 1. The molecule has 0 saturated carbocycles. The van der Waals surface area contributed by atoms with Crippen molar-refractivity contribution in [2.24, 2.45) is 0 Å². The third-order valence-corrected chi connectivity index (χ3v) is 3.39. The summed E-state index contributed by atoms with van der Waals surface area (Å²) in [5.41, 5.74) is -2.30. The van der Waals surface area contributed by atoms with Gasteiger partial charge < -0.3 is 15.0 Å². The summed E-state index contributed by atoms with van der Waals surface area (Å²) in [5, 5.41) is 2.74. The van der Waals surface area contributed by atoms with E-state index < -0.39 is 29.5 Å². The van der Waals surface area contributed by atoms with E-state index in [-0.39, 0.29) is 25.3 Å². The number of esters is 1. The van der Waals surface area contributed by atoms with E-state index in [2.05, 4.69) is 16.6 Å². The molecule has 1 aliphatic rings. The van der Waals surface area contributed by atoms with Gasteiger partial charge in [-0.2, -0.15) is 13.2 Å². The van der Waals surface area contributed by atoms with Crippen LogP contribution in [0.1, 0.15) is 0 Å². The zero-order chi connectivity index (χ0) is 17.3. The standard InChI is InChI=1S/C14H13F5N2O2/c1-2-13(23-12(22)14(17,18)19)8-20-6-7-21(13)10-5-3-4-9(15)11(10)16/h2-5,20H,1,6-8H2. The first-order valence-electron chi connectivity index (χ1n) is 6.57. The molecule has 4 nitrogen and oxygen atoms in total. The maximum Gasteiger partial charge on any atom is 0.491 e. The second kappa shape index (κ2) is 6.15. The Hall–Kier alpha value is -2.16. The minimum absolute atomic E-state index is 0.0163. The molecular formula is C14H13F5N2O2. The zero-order valence-electron chi connectivity index (χ0n) is 11.8. The predicted octanol–water partition coefficient (Wildman–Crippen LogP) is 2.36. The molecule has 0 radical (unpaired) electrons. The van der Waals surface area contributed by atoms with Crippen LogP contribution in [0.5, 0.6) is 0 Å². The van der Waals surface area contributed by atoms with Crippen molar-refractivity contribution in [3.8, 4) is 0 Å². The van der Waals surface area contributed by atoms with E-state index in [1.165, 1.54) is 12.1 Å². The highest BCUT2D eigenvalue weighted by atomic mass is 19.4. The average Bonchev–Trinajstić information content (AvgIpc) is 2.50. The lowest BCUT2D eigenvalue weighted by Crippen LogP contribution is -2.63. The number of hydrogen-bond donors (Lipinski definition) is 1. The van der Waals surface area contributed by atoms with Gasteiger partial charge in [-0.15, -0.1) is 0 Å². The van der Waals surface area contributed by atoms with Gasteiger partial charge in [0.15, 0.2) is 11.6 Å². The number of benzene rings is 1. The molecule has 1 aromatic carbocycles. The van der Waals surface area contributed by atoms with Crippen LogP contribution in [0.2, 0.25) is 0 Å². The number of ether oxygens (including phenoxy) is 1. The van der Waals surface area contributed by atoms with Crippen LogP contribution < -0.4 is 10.2 Å². The number of alkyl halides is 3. The number of nitrogens with one attached hydrogen (secondary N) is 1. The topological polar surface area (TPSA) is 41.6 Å². The fourth-order valence-electron chi connectivity index (χ4n) is 2.30. The molecule has 1 fully saturated rings. The van der Waals surface area contributed by atoms with Gasteiger partial charge in [-0.3, -0.25) is 0 Å². The Bertz CT molecular complexity index is 620. The van der Waals surface area contributed by atoms with E-state index >= 15 is 0 Å². The van der Waals surface area contributed by atoms with Gasteiger partial charge in [0.05, 0.1) is 12.2 Å². The smallest absolute Gasteiger partial charge is 0.427 e. The second-order valence-corrected chi connectivity index (χ2v) is 4.84. The molecule has 126 valence electrons. The maximum atomic E-state index is 14.0. The fraction of sp³-hybridized carbons (Fsp3) is 0.357. The molecule has 1 aromatic rings. The van der Waals surface area contributed by atoms with Gasteiger partial charge in [-0.05, 0) is 18.2 Å². The molecule has 1 aliphatic heterocycles. The molecule has 1 atom stereocenters. The molecule has 0 aliphatic carbocycles. The second-order valence-electron chi connectivity index (χ2n) is 4.84. The van der Waals surface area contributed by atoms with Gasteiger partial charge in [0, 0.05) is 13.1 Å². The number of anilines is 1. The average molecular weight is 336 g/mol. The molecule has 0 bridgehead atoms. The van der Waals surface area contributed by atoms with Crippen LogP contribution in [-0.4, -0.2) is 37.5 Å². The lowest BCUT2D eigenvalue weighted by atomic mass is 10.1. The first-order valence-corrected chi connectivity index (χ1v) is 6.57. The summed E-state index contributed by atoms with van der Waals surface area (Å²) < 4.78 is 69.5. The highest BCUT2D eigenvalue weighted by molar-refractivity contribution is 5.77. The van der Waals surface area contributed by atoms with E-state index in [4.69, 9.17) is 0 Å². The van der Waals surface area contributed by atoms with Crippen molar-refractivity contribution in [3.63, 3.8) is 0 Å². The Kier molecular flexibility index (Phi) is 4.60. The van der Waals surface area contributed by atoms with E-state index in [1.807, 2.05) is 0 Å². The molecule has 0 amide bonds. The van der Waals surface area contributed by atoms with Gasteiger partial charge in [0.1, 0.15) is 0 Å². The van der Waals surface area contributed by atoms with Crippen LogP contribution in [0.15, 0.2) is 30.9 Å². The van der Waals surface area contributed by atoms with Crippen molar-refractivity contribution < 1.29 is 31.5 Å². The van der Waals surface area contributed by atoms with E-state index in [0.29, 0.717) is 0 Å². The SMILES string of the molecule is C=CC1(OC(=O)C(F)(F)F)CNCCN1c1cccc(F)c1F. The number of halogens is 5. The summed E-state index contributed by atoms with van der Waals surface area (Å²) >= 11 is 0. The highest BCUT2D eigenvalue weighted by Crippen LogP contribution is 2.33. The quantitative estimate of drug-likeness (QED) is 0.523. The Morgan fingerprint density at radius 1 is 1.39 bits per heavy atom.